The number of amides is 1. The number of methoxy groups -OCH3 is 2. The van der Waals surface area contributed by atoms with Crippen molar-refractivity contribution in [2.75, 3.05) is 19.5 Å². The van der Waals surface area contributed by atoms with Crippen molar-refractivity contribution in [1.82, 2.24) is 0 Å². The highest BCUT2D eigenvalue weighted by molar-refractivity contribution is 5.86. The lowest BCUT2D eigenvalue weighted by Gasteiger charge is -2.23. The van der Waals surface area contributed by atoms with Gasteiger partial charge in [-0.3, -0.25) is 5.32 Å². The Morgan fingerprint density at radius 1 is 1.09 bits per heavy atom. The fraction of sp³-hybridized carbons (Fsp3) is 0.588. The molecule has 2 N–H and O–H groups in total. The molecule has 0 aliphatic heterocycles. The van der Waals surface area contributed by atoms with Gasteiger partial charge in [-0.1, -0.05) is 0 Å². The molecule has 1 amide bonds. The molecular weight excluding hydrogens is 298 g/mol. The molecule has 0 bridgehead atoms. The molecule has 0 aliphatic carbocycles. The molecule has 1 rings (SSSR count). The number of aliphatic hydroxyl groups is 1. The minimum absolute atomic E-state index is 0.332. The first-order valence-electron chi connectivity index (χ1n) is 7.42. The van der Waals surface area contributed by atoms with Crippen LogP contribution in [0.15, 0.2) is 12.1 Å². The summed E-state index contributed by atoms with van der Waals surface area (Å²) in [6.07, 6.45) is -0.236. The van der Waals surface area contributed by atoms with E-state index in [2.05, 4.69) is 5.32 Å². The van der Waals surface area contributed by atoms with E-state index in [0.29, 0.717) is 23.6 Å². The largest absolute Gasteiger partial charge is 0.493 e. The molecule has 0 fully saturated rings. The first-order valence-corrected chi connectivity index (χ1v) is 7.42. The van der Waals surface area contributed by atoms with E-state index in [9.17, 15) is 9.90 Å². The molecule has 0 saturated carbocycles. The maximum absolute atomic E-state index is 12.0. The monoisotopic (exact) mass is 325 g/mol. The first kappa shape index (κ1) is 19.1. The van der Waals surface area contributed by atoms with Gasteiger partial charge < -0.3 is 19.3 Å². The van der Waals surface area contributed by atoms with Crippen LogP contribution in [-0.2, 0) is 11.2 Å². The minimum atomic E-state index is -0.941. The van der Waals surface area contributed by atoms with Crippen LogP contribution < -0.4 is 14.8 Å². The van der Waals surface area contributed by atoms with Gasteiger partial charge in [0.05, 0.1) is 25.5 Å². The van der Waals surface area contributed by atoms with E-state index in [0.717, 1.165) is 5.56 Å². The van der Waals surface area contributed by atoms with E-state index in [-0.39, 0.29) is 0 Å². The van der Waals surface area contributed by atoms with Gasteiger partial charge in [-0.15, -0.1) is 0 Å². The van der Waals surface area contributed by atoms with Crippen LogP contribution in [0.2, 0.25) is 0 Å². The van der Waals surface area contributed by atoms with Crippen LogP contribution in [0.4, 0.5) is 10.5 Å². The fourth-order valence-corrected chi connectivity index (χ4v) is 2.06. The summed E-state index contributed by atoms with van der Waals surface area (Å²) in [5.41, 5.74) is -0.305. The number of hydrogen-bond acceptors (Lipinski definition) is 5. The standard InChI is InChI=1S/C17H27NO5/c1-16(2,3)23-15(19)18-12-9-14(22-7)13(21-6)8-11(12)10-17(4,5)20/h8-9,20H,10H2,1-7H3,(H,18,19). The van der Waals surface area contributed by atoms with Crippen LogP contribution in [0.5, 0.6) is 11.5 Å². The number of carbonyl (C=O) groups excluding carboxylic acids is 1. The van der Waals surface area contributed by atoms with Gasteiger partial charge in [0.15, 0.2) is 11.5 Å². The fourth-order valence-electron chi connectivity index (χ4n) is 2.06. The van der Waals surface area contributed by atoms with Gasteiger partial charge in [-0.05, 0) is 46.2 Å². The Balaban J connectivity index is 3.18. The predicted octanol–water partition coefficient (Wildman–Crippen LogP) is 3.36. The maximum atomic E-state index is 12.0. The molecule has 1 aromatic carbocycles. The molecular formula is C17H27NO5. The van der Waals surface area contributed by atoms with Crippen LogP contribution in [0, 0.1) is 0 Å². The summed E-state index contributed by atoms with van der Waals surface area (Å²) in [5, 5.41) is 12.8. The zero-order valence-corrected chi connectivity index (χ0v) is 14.9. The third-order valence-corrected chi connectivity index (χ3v) is 2.87. The number of ether oxygens (including phenoxy) is 3. The van der Waals surface area contributed by atoms with Crippen molar-refractivity contribution < 1.29 is 24.1 Å². The van der Waals surface area contributed by atoms with Crippen LogP contribution in [0.1, 0.15) is 40.2 Å². The summed E-state index contributed by atoms with van der Waals surface area (Å²) in [5.74, 6) is 1.01. The van der Waals surface area contributed by atoms with E-state index >= 15 is 0 Å². The molecule has 1 aromatic rings. The van der Waals surface area contributed by atoms with Gasteiger partial charge in [0.2, 0.25) is 0 Å². The molecule has 0 spiro atoms. The van der Waals surface area contributed by atoms with Crippen LogP contribution in [0.25, 0.3) is 0 Å². The Labute approximate surface area is 137 Å². The summed E-state index contributed by atoms with van der Waals surface area (Å²) in [7, 11) is 3.05. The normalized spacial score (nSPS) is 11.8. The maximum Gasteiger partial charge on any atom is 0.412 e. The Kier molecular flexibility index (Phi) is 5.88. The number of benzene rings is 1. The summed E-state index contributed by atoms with van der Waals surface area (Å²) in [6, 6.07) is 3.40. The Bertz CT molecular complexity index is 555. The van der Waals surface area contributed by atoms with Crippen molar-refractivity contribution in [2.24, 2.45) is 0 Å². The van der Waals surface area contributed by atoms with Crippen LogP contribution in [-0.4, -0.2) is 36.6 Å². The van der Waals surface area contributed by atoms with E-state index < -0.39 is 17.3 Å². The summed E-state index contributed by atoms with van der Waals surface area (Å²) in [4.78, 5) is 12.0. The van der Waals surface area contributed by atoms with Crippen molar-refractivity contribution in [3.05, 3.63) is 17.7 Å². The number of nitrogens with one attached hydrogen (secondary N) is 1. The van der Waals surface area contributed by atoms with Gasteiger partial charge in [0.25, 0.3) is 0 Å². The second-order valence-corrected chi connectivity index (χ2v) is 6.98. The summed E-state index contributed by atoms with van der Waals surface area (Å²) in [6.45, 7) is 8.76. The molecule has 0 saturated heterocycles. The Morgan fingerprint density at radius 2 is 1.61 bits per heavy atom. The van der Waals surface area contributed by atoms with E-state index in [1.807, 2.05) is 0 Å². The first-order chi connectivity index (χ1) is 10.4. The number of carbonyl (C=O) groups is 1. The van der Waals surface area contributed by atoms with Crippen LogP contribution >= 0.6 is 0 Å². The molecule has 130 valence electrons. The predicted molar refractivity (Wildman–Crippen MR) is 89.4 cm³/mol. The minimum Gasteiger partial charge on any atom is -0.493 e. The molecule has 23 heavy (non-hydrogen) atoms. The average molecular weight is 325 g/mol. The highest BCUT2D eigenvalue weighted by Crippen LogP contribution is 2.35. The van der Waals surface area contributed by atoms with E-state index in [1.165, 1.54) is 14.2 Å². The van der Waals surface area contributed by atoms with E-state index in [1.54, 1.807) is 46.8 Å². The lowest BCUT2D eigenvalue weighted by molar-refractivity contribution is 0.0632. The highest BCUT2D eigenvalue weighted by Gasteiger charge is 2.22. The second-order valence-electron chi connectivity index (χ2n) is 6.98. The summed E-state index contributed by atoms with van der Waals surface area (Å²) < 4.78 is 15.8. The third kappa shape index (κ3) is 6.36. The van der Waals surface area contributed by atoms with Gasteiger partial charge in [0, 0.05) is 12.5 Å². The number of hydrogen-bond donors (Lipinski definition) is 2. The lowest BCUT2D eigenvalue weighted by atomic mass is 9.97. The second kappa shape index (κ2) is 7.08. The molecule has 0 atom stereocenters. The molecule has 0 aliphatic rings. The van der Waals surface area contributed by atoms with Gasteiger partial charge in [0.1, 0.15) is 5.60 Å². The van der Waals surface area contributed by atoms with Gasteiger partial charge in [-0.25, -0.2) is 4.79 Å². The molecule has 0 heterocycles. The quantitative estimate of drug-likeness (QED) is 0.868. The third-order valence-electron chi connectivity index (χ3n) is 2.87. The van der Waals surface area contributed by atoms with Gasteiger partial charge >= 0.3 is 6.09 Å². The Morgan fingerprint density at radius 3 is 2.04 bits per heavy atom. The number of anilines is 1. The van der Waals surface area contributed by atoms with Crippen molar-refractivity contribution in [1.29, 1.82) is 0 Å². The van der Waals surface area contributed by atoms with Gasteiger partial charge in [-0.2, -0.15) is 0 Å². The van der Waals surface area contributed by atoms with Crippen molar-refractivity contribution in [2.45, 2.75) is 52.2 Å². The highest BCUT2D eigenvalue weighted by atomic mass is 16.6. The smallest absolute Gasteiger partial charge is 0.412 e. The molecule has 6 nitrogen and oxygen atoms in total. The van der Waals surface area contributed by atoms with Crippen molar-refractivity contribution in [3.8, 4) is 11.5 Å². The van der Waals surface area contributed by atoms with Crippen LogP contribution in [0.3, 0.4) is 0 Å². The topological polar surface area (TPSA) is 77.0 Å². The summed E-state index contributed by atoms with van der Waals surface area (Å²) >= 11 is 0. The number of rotatable bonds is 5. The zero-order chi connectivity index (χ0) is 17.8. The Hall–Kier alpha value is -1.95. The van der Waals surface area contributed by atoms with Crippen molar-refractivity contribution >= 4 is 11.8 Å². The lowest BCUT2D eigenvalue weighted by Crippen LogP contribution is -2.28. The molecule has 0 unspecified atom stereocenters. The van der Waals surface area contributed by atoms with E-state index in [4.69, 9.17) is 14.2 Å². The average Bonchev–Trinajstić information content (AvgIpc) is 2.36. The molecule has 6 heteroatoms. The van der Waals surface area contributed by atoms with Crippen molar-refractivity contribution in [3.63, 3.8) is 0 Å². The molecule has 0 aromatic heterocycles. The zero-order valence-electron chi connectivity index (χ0n) is 14.9. The SMILES string of the molecule is COc1cc(CC(C)(C)O)c(NC(=O)OC(C)(C)C)cc1OC. The molecule has 0 radical (unpaired) electrons.